The van der Waals surface area contributed by atoms with Crippen LogP contribution in [0.1, 0.15) is 21.5 Å². The first-order chi connectivity index (χ1) is 12.9. The minimum atomic E-state index is -4.52. The van der Waals surface area contributed by atoms with Gasteiger partial charge in [0.1, 0.15) is 0 Å². The second kappa shape index (κ2) is 7.63. The number of amides is 1. The summed E-state index contributed by atoms with van der Waals surface area (Å²) in [5, 5.41) is 6.57. The van der Waals surface area contributed by atoms with Crippen LogP contribution in [0, 0.1) is 0 Å². The third-order valence-electron chi connectivity index (χ3n) is 3.85. The molecule has 8 heteroatoms. The third-order valence-corrected chi connectivity index (χ3v) is 3.85. The number of methoxy groups -OCH3 is 1. The summed E-state index contributed by atoms with van der Waals surface area (Å²) in [6, 6.07) is 11.4. The number of carbonyl (C=O) groups is 1. The summed E-state index contributed by atoms with van der Waals surface area (Å²) >= 11 is 0. The smallest absolute Gasteiger partial charge is 0.380 e. The molecule has 0 saturated carbocycles. The van der Waals surface area contributed by atoms with Crippen LogP contribution in [0.3, 0.4) is 0 Å². The van der Waals surface area contributed by atoms with Crippen molar-refractivity contribution in [3.8, 4) is 5.69 Å². The Bertz CT molecular complexity index is 920. The molecule has 0 spiro atoms. The highest BCUT2D eigenvalue weighted by atomic mass is 19.4. The Labute approximate surface area is 153 Å². The number of nitrogens with zero attached hydrogens (tertiary/aromatic N) is 2. The van der Waals surface area contributed by atoms with Gasteiger partial charge < -0.3 is 10.1 Å². The third kappa shape index (κ3) is 4.35. The van der Waals surface area contributed by atoms with Crippen LogP contribution < -0.4 is 5.32 Å². The van der Waals surface area contributed by atoms with Gasteiger partial charge in [-0.3, -0.25) is 4.79 Å². The topological polar surface area (TPSA) is 56.1 Å². The highest BCUT2D eigenvalue weighted by Gasteiger charge is 2.31. The lowest BCUT2D eigenvalue weighted by atomic mass is 10.1. The maximum atomic E-state index is 13.1. The van der Waals surface area contributed by atoms with Gasteiger partial charge in [0.15, 0.2) is 0 Å². The summed E-state index contributed by atoms with van der Waals surface area (Å²) in [4.78, 5) is 12.5. The maximum Gasteiger partial charge on any atom is 0.416 e. The highest BCUT2D eigenvalue weighted by Crippen LogP contribution is 2.33. The van der Waals surface area contributed by atoms with Crippen LogP contribution in [0.25, 0.3) is 5.69 Å². The van der Waals surface area contributed by atoms with E-state index in [9.17, 15) is 18.0 Å². The Morgan fingerprint density at radius 3 is 2.52 bits per heavy atom. The number of ether oxygens (including phenoxy) is 1. The highest BCUT2D eigenvalue weighted by molar-refractivity contribution is 6.05. The number of aromatic nitrogens is 2. The predicted octanol–water partition coefficient (Wildman–Crippen LogP) is 4.29. The van der Waals surface area contributed by atoms with Crippen molar-refractivity contribution < 1.29 is 22.7 Å². The minimum absolute atomic E-state index is 0.0134. The predicted molar refractivity (Wildman–Crippen MR) is 93.7 cm³/mol. The van der Waals surface area contributed by atoms with E-state index in [-0.39, 0.29) is 5.69 Å². The van der Waals surface area contributed by atoms with Crippen LogP contribution in [0.2, 0.25) is 0 Å². The zero-order valence-electron chi connectivity index (χ0n) is 14.3. The SMILES string of the molecule is COCc1ccc(C(=O)Nc2cc(C(F)(F)F)ccc2-n2cccn2)cc1. The molecule has 0 unspecified atom stereocenters. The lowest BCUT2D eigenvalue weighted by Crippen LogP contribution is -2.15. The number of alkyl halides is 3. The van der Waals surface area contributed by atoms with Gasteiger partial charge in [0.25, 0.3) is 5.91 Å². The summed E-state index contributed by atoms with van der Waals surface area (Å²) < 4.78 is 45.6. The molecule has 0 bridgehead atoms. The number of benzene rings is 2. The van der Waals surface area contributed by atoms with Crippen molar-refractivity contribution in [1.82, 2.24) is 9.78 Å². The van der Waals surface area contributed by atoms with Crippen LogP contribution in [-0.2, 0) is 17.5 Å². The number of halogens is 3. The standard InChI is InChI=1S/C19H16F3N3O2/c1-27-12-13-3-5-14(6-4-13)18(26)24-16-11-15(19(20,21)22)7-8-17(16)25-10-2-9-23-25/h2-11H,12H2,1H3,(H,24,26). The van der Waals surface area contributed by atoms with E-state index in [2.05, 4.69) is 10.4 Å². The fourth-order valence-electron chi connectivity index (χ4n) is 2.54. The van der Waals surface area contributed by atoms with Gasteiger partial charge in [0.2, 0.25) is 0 Å². The molecule has 3 rings (SSSR count). The molecular weight excluding hydrogens is 359 g/mol. The van der Waals surface area contributed by atoms with Crippen LogP contribution in [0.4, 0.5) is 18.9 Å². The Morgan fingerprint density at radius 1 is 1.19 bits per heavy atom. The molecule has 1 heterocycles. The summed E-state index contributed by atoms with van der Waals surface area (Å²) in [6.07, 6.45) is -1.44. The molecule has 1 aromatic heterocycles. The van der Waals surface area contributed by atoms with E-state index in [1.54, 1.807) is 43.6 Å². The average molecular weight is 375 g/mol. The Morgan fingerprint density at radius 2 is 1.93 bits per heavy atom. The molecule has 1 amide bonds. The van der Waals surface area contributed by atoms with E-state index in [1.807, 2.05) is 0 Å². The van der Waals surface area contributed by atoms with Gasteiger partial charge in [-0.05, 0) is 42.0 Å². The number of hydrogen-bond acceptors (Lipinski definition) is 3. The zero-order valence-corrected chi connectivity index (χ0v) is 14.3. The van der Waals surface area contributed by atoms with Gasteiger partial charge in [0, 0.05) is 25.1 Å². The van der Waals surface area contributed by atoms with E-state index in [4.69, 9.17) is 4.74 Å². The Balaban J connectivity index is 1.92. The van der Waals surface area contributed by atoms with Gasteiger partial charge in [-0.25, -0.2) is 4.68 Å². The van der Waals surface area contributed by atoms with Crippen LogP contribution >= 0.6 is 0 Å². The quantitative estimate of drug-likeness (QED) is 0.724. The molecule has 0 fully saturated rings. The molecule has 0 radical (unpaired) electrons. The Kier molecular flexibility index (Phi) is 5.27. The molecule has 5 nitrogen and oxygen atoms in total. The van der Waals surface area contributed by atoms with E-state index >= 15 is 0 Å². The number of carbonyl (C=O) groups excluding carboxylic acids is 1. The van der Waals surface area contributed by atoms with Crippen molar-refractivity contribution in [1.29, 1.82) is 0 Å². The molecular formula is C19H16F3N3O2. The van der Waals surface area contributed by atoms with E-state index in [0.717, 1.165) is 17.7 Å². The van der Waals surface area contributed by atoms with Crippen molar-refractivity contribution in [2.24, 2.45) is 0 Å². The van der Waals surface area contributed by atoms with Crippen LogP contribution in [-0.4, -0.2) is 22.8 Å². The first-order valence-electron chi connectivity index (χ1n) is 7.99. The number of hydrogen-bond donors (Lipinski definition) is 1. The summed E-state index contributed by atoms with van der Waals surface area (Å²) in [7, 11) is 1.56. The van der Waals surface area contributed by atoms with Crippen molar-refractivity contribution in [2.45, 2.75) is 12.8 Å². The summed E-state index contributed by atoms with van der Waals surface area (Å²) in [5.41, 5.74) is 0.685. The average Bonchev–Trinajstić information content (AvgIpc) is 3.16. The lowest BCUT2D eigenvalue weighted by Gasteiger charge is -2.15. The van der Waals surface area contributed by atoms with Gasteiger partial charge in [-0.2, -0.15) is 18.3 Å². The zero-order chi connectivity index (χ0) is 19.4. The molecule has 0 aliphatic rings. The summed E-state index contributed by atoms with van der Waals surface area (Å²) in [5.74, 6) is -0.522. The van der Waals surface area contributed by atoms with Gasteiger partial charge in [0.05, 0.1) is 23.5 Å². The van der Waals surface area contributed by atoms with E-state index < -0.39 is 17.6 Å². The number of anilines is 1. The maximum absolute atomic E-state index is 13.1. The second-order valence-corrected chi connectivity index (χ2v) is 5.76. The Hall–Kier alpha value is -3.13. The summed E-state index contributed by atoms with van der Waals surface area (Å²) in [6.45, 7) is 0.402. The monoisotopic (exact) mass is 375 g/mol. The number of rotatable bonds is 5. The molecule has 1 N–H and O–H groups in total. The van der Waals surface area contributed by atoms with Crippen LogP contribution in [0.15, 0.2) is 60.9 Å². The van der Waals surface area contributed by atoms with E-state index in [1.165, 1.54) is 16.9 Å². The molecule has 27 heavy (non-hydrogen) atoms. The van der Waals surface area contributed by atoms with Gasteiger partial charge in [-0.1, -0.05) is 12.1 Å². The largest absolute Gasteiger partial charge is 0.416 e. The van der Waals surface area contributed by atoms with Crippen molar-refractivity contribution in [3.05, 3.63) is 77.6 Å². The van der Waals surface area contributed by atoms with Crippen LogP contribution in [0.5, 0.6) is 0 Å². The fraction of sp³-hybridized carbons (Fsp3) is 0.158. The molecule has 0 aliphatic carbocycles. The van der Waals surface area contributed by atoms with Gasteiger partial charge in [-0.15, -0.1) is 0 Å². The second-order valence-electron chi connectivity index (χ2n) is 5.76. The van der Waals surface area contributed by atoms with Gasteiger partial charge >= 0.3 is 6.18 Å². The normalized spacial score (nSPS) is 11.4. The van der Waals surface area contributed by atoms with Crippen molar-refractivity contribution >= 4 is 11.6 Å². The minimum Gasteiger partial charge on any atom is -0.380 e. The van der Waals surface area contributed by atoms with Crippen molar-refractivity contribution in [3.63, 3.8) is 0 Å². The molecule has 0 aliphatic heterocycles. The van der Waals surface area contributed by atoms with E-state index in [0.29, 0.717) is 17.9 Å². The number of nitrogens with one attached hydrogen (secondary N) is 1. The first-order valence-corrected chi connectivity index (χ1v) is 7.99. The fourth-order valence-corrected chi connectivity index (χ4v) is 2.54. The molecule has 3 aromatic rings. The van der Waals surface area contributed by atoms with Crippen molar-refractivity contribution in [2.75, 3.05) is 12.4 Å². The molecule has 2 aromatic carbocycles. The lowest BCUT2D eigenvalue weighted by molar-refractivity contribution is -0.137. The molecule has 140 valence electrons. The molecule has 0 atom stereocenters. The first kappa shape index (κ1) is 18.7. The molecule has 0 saturated heterocycles.